The molecular formula is C23H22N2O3. The second kappa shape index (κ2) is 8.13. The van der Waals surface area contributed by atoms with Crippen LogP contribution < -0.4 is 10.6 Å². The molecule has 1 aliphatic rings. The lowest BCUT2D eigenvalue weighted by atomic mass is 9.83. The Kier molecular flexibility index (Phi) is 5.24. The van der Waals surface area contributed by atoms with E-state index in [1.807, 2.05) is 0 Å². The van der Waals surface area contributed by atoms with E-state index >= 15 is 0 Å². The molecule has 1 unspecified atom stereocenters. The summed E-state index contributed by atoms with van der Waals surface area (Å²) in [5.74, 6) is 0.181. The summed E-state index contributed by atoms with van der Waals surface area (Å²) in [6.07, 6.45) is 4.82. The van der Waals surface area contributed by atoms with E-state index in [2.05, 4.69) is 34.9 Å². The standard InChI is InChI=1S/C23H22N2O3/c26-22(24-15-18-7-3-6-16-5-1-2-8-20(16)18)17-10-12-19(13-11-17)25-23(27)21-9-4-14-28-21/h1-2,4-5,8-14,18H,3,6-7,15H2,(H,24,26)(H,25,27). The van der Waals surface area contributed by atoms with Crippen LogP contribution in [-0.2, 0) is 6.42 Å². The molecule has 1 aliphatic carbocycles. The molecule has 0 saturated heterocycles. The van der Waals surface area contributed by atoms with Crippen molar-refractivity contribution in [2.24, 2.45) is 0 Å². The lowest BCUT2D eigenvalue weighted by molar-refractivity contribution is 0.0949. The number of nitrogens with one attached hydrogen (secondary N) is 2. The van der Waals surface area contributed by atoms with Gasteiger partial charge in [0.25, 0.3) is 11.8 Å². The van der Waals surface area contributed by atoms with Crippen LogP contribution in [-0.4, -0.2) is 18.4 Å². The molecule has 142 valence electrons. The number of carbonyl (C=O) groups excluding carboxylic acids is 2. The highest BCUT2D eigenvalue weighted by Gasteiger charge is 2.20. The highest BCUT2D eigenvalue weighted by molar-refractivity contribution is 6.02. The highest BCUT2D eigenvalue weighted by atomic mass is 16.3. The van der Waals surface area contributed by atoms with Gasteiger partial charge in [0.2, 0.25) is 0 Å². The predicted octanol–water partition coefficient (Wildman–Crippen LogP) is 4.38. The Morgan fingerprint density at radius 2 is 1.79 bits per heavy atom. The Hall–Kier alpha value is -3.34. The molecule has 5 heteroatoms. The number of anilines is 1. The van der Waals surface area contributed by atoms with Gasteiger partial charge in [-0.15, -0.1) is 0 Å². The minimum Gasteiger partial charge on any atom is -0.459 e. The van der Waals surface area contributed by atoms with Crippen molar-refractivity contribution in [3.63, 3.8) is 0 Å². The first kappa shape index (κ1) is 18.0. The lowest BCUT2D eigenvalue weighted by Crippen LogP contribution is -2.29. The van der Waals surface area contributed by atoms with E-state index in [0.717, 1.165) is 19.3 Å². The molecule has 0 spiro atoms. The van der Waals surface area contributed by atoms with Crippen LogP contribution in [0.4, 0.5) is 5.69 Å². The number of aryl methyl sites for hydroxylation is 1. The third-order valence-electron chi connectivity index (χ3n) is 5.15. The largest absolute Gasteiger partial charge is 0.459 e. The van der Waals surface area contributed by atoms with Gasteiger partial charge in [-0.3, -0.25) is 9.59 Å². The molecule has 3 aromatic rings. The summed E-state index contributed by atoms with van der Waals surface area (Å²) in [4.78, 5) is 24.5. The normalized spacial score (nSPS) is 15.5. The second-order valence-corrected chi connectivity index (χ2v) is 7.01. The van der Waals surface area contributed by atoms with E-state index in [9.17, 15) is 9.59 Å². The molecule has 1 heterocycles. The zero-order chi connectivity index (χ0) is 19.3. The third-order valence-corrected chi connectivity index (χ3v) is 5.15. The number of benzene rings is 2. The highest BCUT2D eigenvalue weighted by Crippen LogP contribution is 2.30. The first-order valence-electron chi connectivity index (χ1n) is 9.51. The molecule has 28 heavy (non-hydrogen) atoms. The molecule has 0 fully saturated rings. The molecule has 0 aliphatic heterocycles. The van der Waals surface area contributed by atoms with Gasteiger partial charge in [0.05, 0.1) is 6.26 Å². The molecule has 5 nitrogen and oxygen atoms in total. The number of amides is 2. The maximum atomic E-state index is 12.5. The molecule has 1 atom stereocenters. The number of fused-ring (bicyclic) bond motifs is 1. The van der Waals surface area contributed by atoms with Crippen molar-refractivity contribution >= 4 is 17.5 Å². The van der Waals surface area contributed by atoms with Gasteiger partial charge in [0, 0.05) is 23.7 Å². The van der Waals surface area contributed by atoms with Crippen LogP contribution in [0.15, 0.2) is 71.3 Å². The van der Waals surface area contributed by atoms with Crippen LogP contribution in [0.5, 0.6) is 0 Å². The van der Waals surface area contributed by atoms with E-state index in [1.165, 1.54) is 17.4 Å². The zero-order valence-corrected chi connectivity index (χ0v) is 15.5. The maximum Gasteiger partial charge on any atom is 0.291 e. The summed E-state index contributed by atoms with van der Waals surface area (Å²) in [6.45, 7) is 0.632. The average Bonchev–Trinajstić information content (AvgIpc) is 3.27. The fourth-order valence-electron chi connectivity index (χ4n) is 3.69. The van der Waals surface area contributed by atoms with E-state index in [1.54, 1.807) is 36.4 Å². The van der Waals surface area contributed by atoms with Crippen molar-refractivity contribution < 1.29 is 14.0 Å². The maximum absolute atomic E-state index is 12.5. The molecular weight excluding hydrogens is 352 g/mol. The van der Waals surface area contributed by atoms with Gasteiger partial charge in [0.15, 0.2) is 5.76 Å². The lowest BCUT2D eigenvalue weighted by Gasteiger charge is -2.25. The number of hydrogen-bond donors (Lipinski definition) is 2. The molecule has 2 amide bonds. The first-order chi connectivity index (χ1) is 13.7. The minimum absolute atomic E-state index is 0.105. The van der Waals surface area contributed by atoms with Gasteiger partial charge in [-0.05, 0) is 66.8 Å². The van der Waals surface area contributed by atoms with Crippen molar-refractivity contribution in [2.75, 3.05) is 11.9 Å². The van der Waals surface area contributed by atoms with Crippen LogP contribution >= 0.6 is 0 Å². The zero-order valence-electron chi connectivity index (χ0n) is 15.5. The van der Waals surface area contributed by atoms with Crippen molar-refractivity contribution in [2.45, 2.75) is 25.2 Å². The van der Waals surface area contributed by atoms with Gasteiger partial charge < -0.3 is 15.1 Å². The quantitative estimate of drug-likeness (QED) is 0.696. The Morgan fingerprint density at radius 1 is 0.964 bits per heavy atom. The van der Waals surface area contributed by atoms with Gasteiger partial charge in [-0.2, -0.15) is 0 Å². The van der Waals surface area contributed by atoms with E-state index < -0.39 is 0 Å². The van der Waals surface area contributed by atoms with Gasteiger partial charge in [0.1, 0.15) is 0 Å². The van der Waals surface area contributed by atoms with Gasteiger partial charge in [-0.1, -0.05) is 24.3 Å². The second-order valence-electron chi connectivity index (χ2n) is 7.01. The van der Waals surface area contributed by atoms with Crippen molar-refractivity contribution in [1.82, 2.24) is 5.32 Å². The Bertz CT molecular complexity index is 962. The van der Waals surface area contributed by atoms with Gasteiger partial charge in [-0.25, -0.2) is 0 Å². The third kappa shape index (κ3) is 3.98. The number of hydrogen-bond acceptors (Lipinski definition) is 3. The molecule has 0 bridgehead atoms. The van der Waals surface area contributed by atoms with E-state index in [4.69, 9.17) is 4.42 Å². The van der Waals surface area contributed by atoms with Gasteiger partial charge >= 0.3 is 0 Å². The van der Waals surface area contributed by atoms with E-state index in [0.29, 0.717) is 23.7 Å². The van der Waals surface area contributed by atoms with Crippen molar-refractivity contribution in [3.8, 4) is 0 Å². The number of rotatable bonds is 5. The SMILES string of the molecule is O=C(NCC1CCCc2ccccc21)c1ccc(NC(=O)c2ccco2)cc1. The van der Waals surface area contributed by atoms with Crippen molar-refractivity contribution in [3.05, 3.63) is 89.4 Å². The summed E-state index contributed by atoms with van der Waals surface area (Å²) in [7, 11) is 0. The first-order valence-corrected chi connectivity index (χ1v) is 9.51. The minimum atomic E-state index is -0.321. The molecule has 4 rings (SSSR count). The molecule has 1 aromatic heterocycles. The molecule has 2 aromatic carbocycles. The fraction of sp³-hybridized carbons (Fsp3) is 0.217. The topological polar surface area (TPSA) is 71.3 Å². The van der Waals surface area contributed by atoms with E-state index in [-0.39, 0.29) is 17.6 Å². The van der Waals surface area contributed by atoms with Crippen LogP contribution in [0.2, 0.25) is 0 Å². The summed E-state index contributed by atoms with van der Waals surface area (Å²) in [5.41, 5.74) is 3.92. The van der Waals surface area contributed by atoms with Crippen LogP contribution in [0.1, 0.15) is 50.8 Å². The molecule has 0 radical (unpaired) electrons. The summed E-state index contributed by atoms with van der Waals surface area (Å²) in [5, 5.41) is 5.79. The summed E-state index contributed by atoms with van der Waals surface area (Å²) in [6, 6.07) is 18.6. The smallest absolute Gasteiger partial charge is 0.291 e. The predicted molar refractivity (Wildman–Crippen MR) is 108 cm³/mol. The monoisotopic (exact) mass is 374 g/mol. The fourth-order valence-corrected chi connectivity index (χ4v) is 3.69. The average molecular weight is 374 g/mol. The van der Waals surface area contributed by atoms with Crippen LogP contribution in [0.25, 0.3) is 0 Å². The number of furan rings is 1. The Morgan fingerprint density at radius 3 is 2.57 bits per heavy atom. The summed E-state index contributed by atoms with van der Waals surface area (Å²) >= 11 is 0. The Balaban J connectivity index is 1.35. The molecule has 2 N–H and O–H groups in total. The number of carbonyl (C=O) groups is 2. The Labute approximate surface area is 163 Å². The van der Waals surface area contributed by atoms with Crippen LogP contribution in [0, 0.1) is 0 Å². The summed E-state index contributed by atoms with van der Waals surface area (Å²) < 4.78 is 5.07. The molecule has 0 saturated carbocycles. The van der Waals surface area contributed by atoms with Crippen LogP contribution in [0.3, 0.4) is 0 Å². The van der Waals surface area contributed by atoms with Crippen molar-refractivity contribution in [1.29, 1.82) is 0 Å².